The topological polar surface area (TPSA) is 94.0 Å². The SMILES string of the molecule is CCCn1cncc1-c1nc(C(N)C(=O)O)cs1. The highest BCUT2D eigenvalue weighted by molar-refractivity contribution is 7.13. The predicted molar refractivity (Wildman–Crippen MR) is 68.2 cm³/mol. The summed E-state index contributed by atoms with van der Waals surface area (Å²) < 4.78 is 1.99. The third-order valence-corrected chi connectivity index (χ3v) is 3.39. The maximum atomic E-state index is 10.8. The van der Waals surface area contributed by atoms with Crippen molar-refractivity contribution in [3.05, 3.63) is 23.6 Å². The van der Waals surface area contributed by atoms with Crippen LogP contribution in [-0.4, -0.2) is 25.6 Å². The second-order valence-electron chi connectivity index (χ2n) is 3.87. The van der Waals surface area contributed by atoms with Gasteiger partial charge < -0.3 is 15.4 Å². The lowest BCUT2D eigenvalue weighted by atomic mass is 10.2. The van der Waals surface area contributed by atoms with E-state index in [0.717, 1.165) is 23.7 Å². The lowest BCUT2D eigenvalue weighted by Crippen LogP contribution is -2.20. The molecule has 0 bridgehead atoms. The number of aliphatic carboxylic acids is 1. The number of carboxylic acid groups (broad SMARTS) is 1. The Balaban J connectivity index is 2.29. The zero-order valence-corrected chi connectivity index (χ0v) is 10.7. The van der Waals surface area contributed by atoms with E-state index in [2.05, 4.69) is 16.9 Å². The Labute approximate surface area is 108 Å². The van der Waals surface area contributed by atoms with Gasteiger partial charge in [0, 0.05) is 11.9 Å². The van der Waals surface area contributed by atoms with Gasteiger partial charge in [-0.25, -0.2) is 9.97 Å². The van der Waals surface area contributed by atoms with Crippen molar-refractivity contribution in [2.24, 2.45) is 5.73 Å². The van der Waals surface area contributed by atoms with Crippen molar-refractivity contribution >= 4 is 17.3 Å². The maximum Gasteiger partial charge on any atom is 0.326 e. The number of thiazole rings is 1. The van der Waals surface area contributed by atoms with Gasteiger partial charge in [-0.3, -0.25) is 4.79 Å². The van der Waals surface area contributed by atoms with E-state index in [1.54, 1.807) is 17.9 Å². The summed E-state index contributed by atoms with van der Waals surface area (Å²) in [5.74, 6) is -1.08. The summed E-state index contributed by atoms with van der Waals surface area (Å²) in [6, 6.07) is -1.07. The molecule has 0 saturated carbocycles. The van der Waals surface area contributed by atoms with E-state index < -0.39 is 12.0 Å². The van der Waals surface area contributed by atoms with Gasteiger partial charge in [-0.15, -0.1) is 11.3 Å². The average Bonchev–Trinajstić information content (AvgIpc) is 2.96. The molecule has 1 atom stereocenters. The molecule has 2 heterocycles. The van der Waals surface area contributed by atoms with Crippen LogP contribution in [0.25, 0.3) is 10.7 Å². The zero-order valence-electron chi connectivity index (χ0n) is 9.91. The molecule has 3 N–H and O–H groups in total. The molecule has 0 amide bonds. The summed E-state index contributed by atoms with van der Waals surface area (Å²) in [7, 11) is 0. The molecule has 0 radical (unpaired) electrons. The third-order valence-electron chi connectivity index (χ3n) is 2.50. The van der Waals surface area contributed by atoms with Gasteiger partial charge in [-0.05, 0) is 6.42 Å². The number of aryl methyl sites for hydroxylation is 1. The number of aromatic nitrogens is 3. The van der Waals surface area contributed by atoms with Crippen molar-refractivity contribution in [1.82, 2.24) is 14.5 Å². The molecule has 1 unspecified atom stereocenters. The largest absolute Gasteiger partial charge is 0.480 e. The minimum Gasteiger partial charge on any atom is -0.480 e. The number of carbonyl (C=O) groups is 1. The number of nitrogens with zero attached hydrogens (tertiary/aromatic N) is 3. The van der Waals surface area contributed by atoms with Crippen molar-refractivity contribution < 1.29 is 9.90 Å². The Bertz CT molecular complexity index is 549. The number of nitrogens with two attached hydrogens (primary N) is 1. The summed E-state index contributed by atoms with van der Waals surface area (Å²) >= 11 is 1.38. The number of carboxylic acids is 1. The van der Waals surface area contributed by atoms with Gasteiger partial charge >= 0.3 is 5.97 Å². The van der Waals surface area contributed by atoms with Crippen LogP contribution in [-0.2, 0) is 11.3 Å². The van der Waals surface area contributed by atoms with Gasteiger partial charge in [0.15, 0.2) is 0 Å². The van der Waals surface area contributed by atoms with Crippen LogP contribution in [0.2, 0.25) is 0 Å². The molecule has 2 aromatic heterocycles. The molecule has 2 rings (SSSR count). The van der Waals surface area contributed by atoms with Crippen LogP contribution in [0.15, 0.2) is 17.9 Å². The normalized spacial score (nSPS) is 12.6. The molecular weight excluding hydrogens is 252 g/mol. The molecule has 0 saturated heterocycles. The number of rotatable bonds is 5. The molecule has 18 heavy (non-hydrogen) atoms. The van der Waals surface area contributed by atoms with Crippen LogP contribution in [0.1, 0.15) is 25.1 Å². The van der Waals surface area contributed by atoms with Gasteiger partial charge in [0.1, 0.15) is 11.0 Å². The first-order valence-corrected chi connectivity index (χ1v) is 6.45. The van der Waals surface area contributed by atoms with E-state index in [0.29, 0.717) is 5.69 Å². The first kappa shape index (κ1) is 12.7. The molecule has 2 aromatic rings. The Morgan fingerprint density at radius 3 is 3.11 bits per heavy atom. The van der Waals surface area contributed by atoms with E-state index >= 15 is 0 Å². The second kappa shape index (κ2) is 5.28. The lowest BCUT2D eigenvalue weighted by Gasteiger charge is -2.03. The van der Waals surface area contributed by atoms with Crippen molar-refractivity contribution in [3.8, 4) is 10.7 Å². The van der Waals surface area contributed by atoms with Crippen LogP contribution in [0.5, 0.6) is 0 Å². The van der Waals surface area contributed by atoms with Crippen LogP contribution in [0.3, 0.4) is 0 Å². The van der Waals surface area contributed by atoms with Gasteiger partial charge in [-0.1, -0.05) is 6.92 Å². The number of hydrogen-bond acceptors (Lipinski definition) is 5. The fourth-order valence-electron chi connectivity index (χ4n) is 1.59. The lowest BCUT2D eigenvalue weighted by molar-refractivity contribution is -0.138. The molecule has 0 aliphatic carbocycles. The highest BCUT2D eigenvalue weighted by Gasteiger charge is 2.19. The van der Waals surface area contributed by atoms with E-state index in [1.165, 1.54) is 11.3 Å². The van der Waals surface area contributed by atoms with E-state index in [-0.39, 0.29) is 0 Å². The minimum absolute atomic E-state index is 0.381. The average molecular weight is 266 g/mol. The summed E-state index contributed by atoms with van der Waals surface area (Å²) in [6.07, 6.45) is 4.47. The van der Waals surface area contributed by atoms with Crippen molar-refractivity contribution in [1.29, 1.82) is 0 Å². The van der Waals surface area contributed by atoms with Crippen molar-refractivity contribution in [2.45, 2.75) is 25.9 Å². The molecule has 0 spiro atoms. The predicted octanol–water partition coefficient (Wildman–Crippen LogP) is 1.50. The van der Waals surface area contributed by atoms with Crippen LogP contribution in [0, 0.1) is 0 Å². The molecule has 0 fully saturated rings. The zero-order chi connectivity index (χ0) is 13.1. The summed E-state index contributed by atoms with van der Waals surface area (Å²) in [5, 5.41) is 11.3. The minimum atomic E-state index is -1.08. The maximum absolute atomic E-state index is 10.8. The fraction of sp³-hybridized carbons (Fsp3) is 0.364. The smallest absolute Gasteiger partial charge is 0.326 e. The Morgan fingerprint density at radius 1 is 1.67 bits per heavy atom. The van der Waals surface area contributed by atoms with Gasteiger partial charge in [0.2, 0.25) is 0 Å². The highest BCUT2D eigenvalue weighted by atomic mass is 32.1. The van der Waals surface area contributed by atoms with E-state index in [9.17, 15) is 4.79 Å². The molecule has 0 aliphatic heterocycles. The Morgan fingerprint density at radius 2 is 2.44 bits per heavy atom. The fourth-order valence-corrected chi connectivity index (χ4v) is 2.47. The summed E-state index contributed by atoms with van der Waals surface area (Å²) in [4.78, 5) is 19.1. The first-order valence-electron chi connectivity index (χ1n) is 5.57. The van der Waals surface area contributed by atoms with Gasteiger partial charge in [0.25, 0.3) is 0 Å². The highest BCUT2D eigenvalue weighted by Crippen LogP contribution is 2.25. The van der Waals surface area contributed by atoms with E-state index in [4.69, 9.17) is 10.8 Å². The standard InChI is InChI=1S/C11H14N4O2S/c1-2-3-15-6-13-4-8(15)10-14-7(5-18-10)9(12)11(16)17/h4-6,9H,2-3,12H2,1H3,(H,16,17). The van der Waals surface area contributed by atoms with Crippen molar-refractivity contribution in [2.75, 3.05) is 0 Å². The van der Waals surface area contributed by atoms with E-state index in [1.807, 2.05) is 4.57 Å². The molecular formula is C11H14N4O2S. The molecule has 6 nitrogen and oxygen atoms in total. The van der Waals surface area contributed by atoms with Gasteiger partial charge in [0.05, 0.1) is 23.9 Å². The quantitative estimate of drug-likeness (QED) is 0.855. The van der Waals surface area contributed by atoms with Crippen LogP contribution in [0.4, 0.5) is 0 Å². The Hall–Kier alpha value is -1.73. The monoisotopic (exact) mass is 266 g/mol. The van der Waals surface area contributed by atoms with Gasteiger partial charge in [-0.2, -0.15) is 0 Å². The van der Waals surface area contributed by atoms with Crippen LogP contribution >= 0.6 is 11.3 Å². The third kappa shape index (κ3) is 2.41. The molecule has 7 heteroatoms. The molecule has 0 aliphatic rings. The summed E-state index contributed by atoms with van der Waals surface area (Å²) in [6.45, 7) is 2.94. The summed E-state index contributed by atoms with van der Waals surface area (Å²) in [5.41, 5.74) is 6.80. The second-order valence-corrected chi connectivity index (χ2v) is 4.72. The number of imidazole rings is 1. The Kier molecular flexibility index (Phi) is 3.73. The van der Waals surface area contributed by atoms with Crippen molar-refractivity contribution in [3.63, 3.8) is 0 Å². The molecule has 0 aromatic carbocycles. The molecule has 96 valence electrons. The van der Waals surface area contributed by atoms with Crippen LogP contribution < -0.4 is 5.73 Å². The first-order chi connectivity index (χ1) is 8.63. The number of hydrogen-bond donors (Lipinski definition) is 2.